The van der Waals surface area contributed by atoms with Crippen LogP contribution in [0.3, 0.4) is 0 Å². The van der Waals surface area contributed by atoms with Gasteiger partial charge >= 0.3 is 0 Å². The summed E-state index contributed by atoms with van der Waals surface area (Å²) in [7, 11) is 0. The molecule has 2 aromatic carbocycles. The van der Waals surface area contributed by atoms with Crippen LogP contribution in [0, 0.1) is 13.8 Å². The third-order valence-corrected chi connectivity index (χ3v) is 6.92. The van der Waals surface area contributed by atoms with Crippen molar-refractivity contribution in [2.45, 2.75) is 38.6 Å². The van der Waals surface area contributed by atoms with Gasteiger partial charge in [0.1, 0.15) is 0 Å². The lowest BCUT2D eigenvalue weighted by Crippen LogP contribution is -2.40. The monoisotopic (exact) mass is 417 g/mol. The van der Waals surface area contributed by atoms with Crippen molar-refractivity contribution in [1.29, 1.82) is 0 Å². The highest BCUT2D eigenvalue weighted by molar-refractivity contribution is 6.42. The number of nitrogens with zero attached hydrogens (tertiary/aromatic N) is 1. The molecule has 148 valence electrons. The topological polar surface area (TPSA) is 44.4 Å². The molecular formula is C22H25Cl2N3O. The van der Waals surface area contributed by atoms with Gasteiger partial charge in [-0.3, -0.25) is 4.79 Å². The third-order valence-electron chi connectivity index (χ3n) is 6.10. The number of rotatable bonds is 3. The van der Waals surface area contributed by atoms with Crippen LogP contribution in [-0.2, 0) is 4.79 Å². The van der Waals surface area contributed by atoms with Crippen LogP contribution in [0.2, 0.25) is 10.0 Å². The molecule has 1 fully saturated rings. The first-order valence-electron chi connectivity index (χ1n) is 9.78. The number of benzene rings is 2. The minimum absolute atomic E-state index is 0.0106. The van der Waals surface area contributed by atoms with Crippen LogP contribution in [0.25, 0.3) is 0 Å². The molecule has 2 heterocycles. The Bertz CT molecular complexity index is 915. The van der Waals surface area contributed by atoms with Gasteiger partial charge in [0.05, 0.1) is 16.6 Å². The van der Waals surface area contributed by atoms with Crippen molar-refractivity contribution >= 4 is 40.5 Å². The number of carbonyl (C=O) groups is 1. The molecule has 0 aliphatic carbocycles. The fourth-order valence-electron chi connectivity index (χ4n) is 4.51. The van der Waals surface area contributed by atoms with Crippen molar-refractivity contribution in [3.05, 3.63) is 57.1 Å². The molecule has 1 saturated heterocycles. The number of carbonyl (C=O) groups excluding carboxylic acids is 1. The Morgan fingerprint density at radius 1 is 1.18 bits per heavy atom. The van der Waals surface area contributed by atoms with Gasteiger partial charge in [0.25, 0.3) is 0 Å². The van der Waals surface area contributed by atoms with Gasteiger partial charge in [0, 0.05) is 28.9 Å². The highest BCUT2D eigenvalue weighted by Gasteiger charge is 2.41. The number of anilines is 2. The molecule has 4 nitrogen and oxygen atoms in total. The molecule has 28 heavy (non-hydrogen) atoms. The van der Waals surface area contributed by atoms with E-state index in [1.54, 1.807) is 0 Å². The number of halogens is 2. The quantitative estimate of drug-likeness (QED) is 0.745. The summed E-state index contributed by atoms with van der Waals surface area (Å²) in [5.41, 5.74) is 5.28. The van der Waals surface area contributed by atoms with Crippen molar-refractivity contribution in [2.75, 3.05) is 29.9 Å². The summed E-state index contributed by atoms with van der Waals surface area (Å²) in [6.45, 7) is 6.28. The molecule has 0 unspecified atom stereocenters. The van der Waals surface area contributed by atoms with E-state index in [1.165, 1.54) is 5.56 Å². The largest absolute Gasteiger partial charge is 0.358 e. The Balaban J connectivity index is 1.62. The van der Waals surface area contributed by atoms with Gasteiger partial charge in [-0.2, -0.15) is 0 Å². The van der Waals surface area contributed by atoms with Crippen molar-refractivity contribution in [3.8, 4) is 0 Å². The van der Waals surface area contributed by atoms with E-state index in [2.05, 4.69) is 28.5 Å². The Morgan fingerprint density at radius 3 is 2.79 bits per heavy atom. The zero-order valence-corrected chi connectivity index (χ0v) is 17.7. The van der Waals surface area contributed by atoms with E-state index >= 15 is 0 Å². The summed E-state index contributed by atoms with van der Waals surface area (Å²) in [5.74, 6) is 0.285. The second-order valence-corrected chi connectivity index (χ2v) is 8.50. The Hall–Kier alpha value is -1.75. The van der Waals surface area contributed by atoms with Gasteiger partial charge in [-0.15, -0.1) is 0 Å². The van der Waals surface area contributed by atoms with Gasteiger partial charge < -0.3 is 15.5 Å². The highest BCUT2D eigenvalue weighted by atomic mass is 35.5. The predicted molar refractivity (Wildman–Crippen MR) is 117 cm³/mol. The van der Waals surface area contributed by atoms with Crippen LogP contribution in [0.5, 0.6) is 0 Å². The minimum atomic E-state index is -0.0106. The first-order valence-corrected chi connectivity index (χ1v) is 10.5. The normalized spacial score (nSPS) is 21.1. The predicted octanol–water partition coefficient (Wildman–Crippen LogP) is 4.90. The standard InChI is InChI=1S/C22H25Cl2N3O/c1-13-4-3-5-17(14(13)2)26-20(28)12-27-18-9-11-25-10-8-15(18)21-19(27)7-6-16(23)22(21)24/h3-7,15,18,25H,8-12H2,1-2H3,(H,26,28)/t15-,18+/m1/s1. The fraction of sp³-hybridized carbons (Fsp3) is 0.409. The van der Waals surface area contributed by atoms with Crippen LogP contribution in [0.4, 0.5) is 11.4 Å². The first kappa shape index (κ1) is 19.6. The Kier molecular flexibility index (Phi) is 5.55. The maximum Gasteiger partial charge on any atom is 0.243 e. The minimum Gasteiger partial charge on any atom is -0.358 e. The van der Waals surface area contributed by atoms with Crippen LogP contribution in [-0.4, -0.2) is 31.6 Å². The molecule has 2 aliphatic heterocycles. The van der Waals surface area contributed by atoms with Gasteiger partial charge in [-0.1, -0.05) is 35.3 Å². The van der Waals surface area contributed by atoms with Crippen LogP contribution in [0.15, 0.2) is 30.3 Å². The molecular weight excluding hydrogens is 393 g/mol. The third kappa shape index (κ3) is 3.49. The number of nitrogens with one attached hydrogen (secondary N) is 2. The molecule has 2 aromatic rings. The summed E-state index contributed by atoms with van der Waals surface area (Å²) >= 11 is 12.9. The van der Waals surface area contributed by atoms with E-state index in [0.717, 1.165) is 48.4 Å². The van der Waals surface area contributed by atoms with E-state index < -0.39 is 0 Å². The van der Waals surface area contributed by atoms with Gasteiger partial charge in [-0.05, 0) is 69.1 Å². The second-order valence-electron chi connectivity index (χ2n) is 7.72. The molecule has 4 rings (SSSR count). The lowest BCUT2D eigenvalue weighted by Gasteiger charge is -2.29. The lowest BCUT2D eigenvalue weighted by atomic mass is 9.91. The molecule has 2 N–H and O–H groups in total. The summed E-state index contributed by atoms with van der Waals surface area (Å²) in [6, 6.07) is 10.1. The van der Waals surface area contributed by atoms with E-state index in [9.17, 15) is 4.79 Å². The molecule has 0 aromatic heterocycles. The SMILES string of the molecule is Cc1cccc(NC(=O)CN2c3ccc(Cl)c(Cl)c3[C@@H]3CCNCC[C@@H]32)c1C. The first-order chi connectivity index (χ1) is 13.5. The van der Waals surface area contributed by atoms with E-state index in [0.29, 0.717) is 22.5 Å². The van der Waals surface area contributed by atoms with E-state index in [4.69, 9.17) is 23.2 Å². The Labute approximate surface area is 176 Å². The molecule has 2 aliphatic rings. The molecule has 1 amide bonds. The zero-order valence-electron chi connectivity index (χ0n) is 16.2. The van der Waals surface area contributed by atoms with E-state index in [-0.39, 0.29) is 11.9 Å². The molecule has 0 spiro atoms. The molecule has 0 saturated carbocycles. The smallest absolute Gasteiger partial charge is 0.243 e. The molecule has 0 bridgehead atoms. The van der Waals surface area contributed by atoms with Gasteiger partial charge in [-0.25, -0.2) is 0 Å². The average molecular weight is 418 g/mol. The maximum atomic E-state index is 12.9. The number of hydrogen-bond donors (Lipinski definition) is 2. The van der Waals surface area contributed by atoms with Crippen LogP contribution >= 0.6 is 23.2 Å². The van der Waals surface area contributed by atoms with Crippen LogP contribution in [0.1, 0.15) is 35.4 Å². The summed E-state index contributed by atoms with van der Waals surface area (Å²) in [5, 5.41) is 7.77. The number of amides is 1. The second kappa shape index (κ2) is 7.94. The number of hydrogen-bond acceptors (Lipinski definition) is 3. The van der Waals surface area contributed by atoms with Crippen molar-refractivity contribution in [1.82, 2.24) is 5.32 Å². The summed E-state index contributed by atoms with van der Waals surface area (Å²) < 4.78 is 0. The average Bonchev–Trinajstić information content (AvgIpc) is 2.82. The zero-order chi connectivity index (χ0) is 19.8. The summed E-state index contributed by atoms with van der Waals surface area (Å²) in [6.07, 6.45) is 1.97. The van der Waals surface area contributed by atoms with Gasteiger partial charge in [0.2, 0.25) is 5.91 Å². The molecule has 2 atom stereocenters. The van der Waals surface area contributed by atoms with Crippen LogP contribution < -0.4 is 15.5 Å². The number of aryl methyl sites for hydroxylation is 1. The molecule has 0 radical (unpaired) electrons. The fourth-order valence-corrected chi connectivity index (χ4v) is 4.97. The lowest BCUT2D eigenvalue weighted by molar-refractivity contribution is -0.115. The van der Waals surface area contributed by atoms with E-state index in [1.807, 2.05) is 31.2 Å². The van der Waals surface area contributed by atoms with Crippen molar-refractivity contribution in [2.24, 2.45) is 0 Å². The maximum absolute atomic E-state index is 12.9. The van der Waals surface area contributed by atoms with Gasteiger partial charge in [0.15, 0.2) is 0 Å². The highest BCUT2D eigenvalue weighted by Crippen LogP contribution is 2.49. The van der Waals surface area contributed by atoms with Crippen molar-refractivity contribution < 1.29 is 4.79 Å². The number of fused-ring (bicyclic) bond motifs is 3. The summed E-state index contributed by atoms with van der Waals surface area (Å²) in [4.78, 5) is 15.1. The molecule has 6 heteroatoms. The van der Waals surface area contributed by atoms with Crippen molar-refractivity contribution in [3.63, 3.8) is 0 Å². The Morgan fingerprint density at radius 2 is 1.96 bits per heavy atom.